The van der Waals surface area contributed by atoms with Gasteiger partial charge in [-0.3, -0.25) is 30.0 Å². The molecule has 1 saturated carbocycles. The van der Waals surface area contributed by atoms with E-state index in [1.165, 1.54) is 26.2 Å². The Kier molecular flexibility index (Phi) is 8.31. The predicted octanol–water partition coefficient (Wildman–Crippen LogP) is 2.04. The summed E-state index contributed by atoms with van der Waals surface area (Å²) in [7, 11) is 1.45. The van der Waals surface area contributed by atoms with Crippen molar-refractivity contribution in [2.24, 2.45) is 5.92 Å². The van der Waals surface area contributed by atoms with Crippen molar-refractivity contribution in [3.63, 3.8) is 0 Å². The molecule has 1 atom stereocenters. The van der Waals surface area contributed by atoms with Crippen molar-refractivity contribution in [2.75, 3.05) is 19.0 Å². The number of carbonyl (C=O) groups is 4. The summed E-state index contributed by atoms with van der Waals surface area (Å²) in [6, 6.07) is 10.2. The second-order valence-electron chi connectivity index (χ2n) is 7.63. The van der Waals surface area contributed by atoms with Crippen molar-refractivity contribution >= 4 is 40.9 Å². The van der Waals surface area contributed by atoms with Gasteiger partial charge < -0.3 is 20.1 Å². The van der Waals surface area contributed by atoms with Crippen LogP contribution in [0.4, 0.5) is 5.69 Å². The molecular weight excluding hydrogens is 464 g/mol. The zero-order valence-corrected chi connectivity index (χ0v) is 19.4. The van der Waals surface area contributed by atoms with E-state index in [1.807, 2.05) is 0 Å². The first-order chi connectivity index (χ1) is 16.3. The lowest BCUT2D eigenvalue weighted by Gasteiger charge is -2.16. The first kappa shape index (κ1) is 24.8. The quantitative estimate of drug-likeness (QED) is 0.399. The maximum atomic E-state index is 12.6. The van der Waals surface area contributed by atoms with Gasteiger partial charge in [-0.05, 0) is 44.0 Å². The second kappa shape index (κ2) is 11.4. The lowest BCUT2D eigenvalue weighted by molar-refractivity contribution is -0.129. The zero-order chi connectivity index (χ0) is 24.7. The Bertz CT molecular complexity index is 1090. The van der Waals surface area contributed by atoms with Crippen LogP contribution >= 0.6 is 11.6 Å². The minimum atomic E-state index is -0.812. The molecular formula is C23H25ClN4O6. The summed E-state index contributed by atoms with van der Waals surface area (Å²) in [5, 5.41) is 5.70. The lowest BCUT2D eigenvalue weighted by atomic mass is 10.2. The van der Waals surface area contributed by atoms with Gasteiger partial charge in [0.2, 0.25) is 5.91 Å². The normalized spacial score (nSPS) is 13.3. The smallest absolute Gasteiger partial charge is 0.273 e. The van der Waals surface area contributed by atoms with Gasteiger partial charge in [0, 0.05) is 17.0 Å². The van der Waals surface area contributed by atoms with Gasteiger partial charge in [0.05, 0.1) is 18.4 Å². The fourth-order valence-electron chi connectivity index (χ4n) is 2.91. The topological polar surface area (TPSA) is 135 Å². The molecule has 1 aliphatic rings. The number of benzene rings is 2. The molecule has 0 bridgehead atoms. The number of amides is 4. The van der Waals surface area contributed by atoms with Crippen LogP contribution in [0.3, 0.4) is 0 Å². The lowest BCUT2D eigenvalue weighted by Crippen LogP contribution is -2.51. The first-order valence-electron chi connectivity index (χ1n) is 10.5. The summed E-state index contributed by atoms with van der Waals surface area (Å²) in [4.78, 5) is 48.8. The van der Waals surface area contributed by atoms with Gasteiger partial charge in [-0.1, -0.05) is 23.7 Å². The third-order valence-electron chi connectivity index (χ3n) is 4.93. The Morgan fingerprint density at radius 2 is 1.79 bits per heavy atom. The summed E-state index contributed by atoms with van der Waals surface area (Å²) in [5.74, 6) is -1.39. The fraction of sp³-hybridized carbons (Fsp3) is 0.304. The Labute approximate surface area is 201 Å². The van der Waals surface area contributed by atoms with Crippen molar-refractivity contribution in [3.8, 4) is 11.5 Å². The molecule has 2 aromatic carbocycles. The summed E-state index contributed by atoms with van der Waals surface area (Å²) >= 11 is 5.92. The maximum Gasteiger partial charge on any atom is 0.273 e. The summed E-state index contributed by atoms with van der Waals surface area (Å²) in [6.45, 7) is 1.14. The van der Waals surface area contributed by atoms with E-state index in [4.69, 9.17) is 21.1 Å². The number of methoxy groups -OCH3 is 1. The van der Waals surface area contributed by atoms with Crippen LogP contribution in [0.15, 0.2) is 42.5 Å². The molecule has 3 rings (SSSR count). The molecule has 0 heterocycles. The molecule has 4 amide bonds. The van der Waals surface area contributed by atoms with E-state index in [1.54, 1.807) is 30.3 Å². The van der Waals surface area contributed by atoms with Crippen LogP contribution in [-0.4, -0.2) is 43.4 Å². The average Bonchev–Trinajstić information content (AvgIpc) is 3.68. The third kappa shape index (κ3) is 6.85. The Balaban J connectivity index is 1.53. The molecule has 0 aliphatic heterocycles. The number of para-hydroxylation sites is 1. The molecule has 1 unspecified atom stereocenters. The first-order valence-corrected chi connectivity index (χ1v) is 10.9. The van der Waals surface area contributed by atoms with Crippen LogP contribution < -0.4 is 31.0 Å². The number of anilines is 1. The summed E-state index contributed by atoms with van der Waals surface area (Å²) in [6.07, 6.45) is 1.64. The number of hydrogen-bond acceptors (Lipinski definition) is 6. The monoisotopic (exact) mass is 488 g/mol. The summed E-state index contributed by atoms with van der Waals surface area (Å²) in [5.41, 5.74) is 5.08. The molecule has 0 spiro atoms. The van der Waals surface area contributed by atoms with Gasteiger partial charge in [0.1, 0.15) is 17.5 Å². The van der Waals surface area contributed by atoms with E-state index in [0.717, 1.165) is 12.8 Å². The fourth-order valence-corrected chi connectivity index (χ4v) is 3.08. The van der Waals surface area contributed by atoms with E-state index in [2.05, 4.69) is 21.5 Å². The molecule has 10 nitrogen and oxygen atoms in total. The molecule has 180 valence electrons. The Hall–Kier alpha value is -3.79. The maximum absolute atomic E-state index is 12.6. The van der Waals surface area contributed by atoms with E-state index in [9.17, 15) is 19.2 Å². The molecule has 11 heteroatoms. The number of ether oxygens (including phenoxy) is 2. The van der Waals surface area contributed by atoms with Crippen molar-refractivity contribution < 1.29 is 28.7 Å². The molecule has 1 aliphatic carbocycles. The number of nitrogens with one attached hydrogen (secondary N) is 4. The van der Waals surface area contributed by atoms with Crippen LogP contribution in [0, 0.1) is 5.92 Å². The highest BCUT2D eigenvalue weighted by molar-refractivity contribution is 6.30. The van der Waals surface area contributed by atoms with Gasteiger partial charge in [-0.15, -0.1) is 0 Å². The molecule has 0 saturated heterocycles. The average molecular weight is 489 g/mol. The van der Waals surface area contributed by atoms with Crippen LogP contribution in [0.2, 0.25) is 5.02 Å². The van der Waals surface area contributed by atoms with Crippen molar-refractivity contribution in [1.29, 1.82) is 0 Å². The van der Waals surface area contributed by atoms with Gasteiger partial charge in [0.25, 0.3) is 17.7 Å². The summed E-state index contributed by atoms with van der Waals surface area (Å²) < 4.78 is 10.7. The molecule has 0 radical (unpaired) electrons. The van der Waals surface area contributed by atoms with E-state index in [-0.39, 0.29) is 29.7 Å². The van der Waals surface area contributed by atoms with E-state index >= 15 is 0 Å². The van der Waals surface area contributed by atoms with E-state index < -0.39 is 23.8 Å². The van der Waals surface area contributed by atoms with Crippen molar-refractivity contribution in [1.82, 2.24) is 16.2 Å². The van der Waals surface area contributed by atoms with Crippen LogP contribution in [0.1, 0.15) is 30.1 Å². The van der Waals surface area contributed by atoms with Crippen LogP contribution in [0.5, 0.6) is 11.5 Å². The van der Waals surface area contributed by atoms with Gasteiger partial charge >= 0.3 is 0 Å². The zero-order valence-electron chi connectivity index (χ0n) is 18.6. The molecule has 2 aromatic rings. The molecule has 1 fully saturated rings. The standard InChI is InChI=1S/C23H25ClN4O6/c1-13(25-22(31)14-7-8-14)21(30)27-28-23(32)16-5-3-4-6-18(16)34-12-20(29)26-17-10-9-15(24)11-19(17)33-2/h3-6,9-11,13-14H,7-8,12H2,1-2H3,(H,25,31)(H,26,29)(H,27,30)(H,28,32). The van der Waals surface area contributed by atoms with Gasteiger partial charge in [-0.2, -0.15) is 0 Å². The highest BCUT2D eigenvalue weighted by atomic mass is 35.5. The molecule has 34 heavy (non-hydrogen) atoms. The number of hydrogen-bond donors (Lipinski definition) is 4. The van der Waals surface area contributed by atoms with E-state index in [0.29, 0.717) is 16.5 Å². The number of halogens is 1. The van der Waals surface area contributed by atoms with Crippen LogP contribution in [0.25, 0.3) is 0 Å². The van der Waals surface area contributed by atoms with Gasteiger partial charge in [0.15, 0.2) is 6.61 Å². The Morgan fingerprint density at radius 1 is 1.06 bits per heavy atom. The van der Waals surface area contributed by atoms with Crippen molar-refractivity contribution in [2.45, 2.75) is 25.8 Å². The highest BCUT2D eigenvalue weighted by Gasteiger charge is 2.31. The van der Waals surface area contributed by atoms with Crippen LogP contribution in [-0.2, 0) is 14.4 Å². The number of hydrazine groups is 1. The van der Waals surface area contributed by atoms with Crippen molar-refractivity contribution in [3.05, 3.63) is 53.1 Å². The largest absolute Gasteiger partial charge is 0.495 e. The minimum Gasteiger partial charge on any atom is -0.495 e. The SMILES string of the molecule is COc1cc(Cl)ccc1NC(=O)COc1ccccc1C(=O)NNC(=O)C(C)NC(=O)C1CC1. The minimum absolute atomic E-state index is 0.0353. The predicted molar refractivity (Wildman–Crippen MR) is 125 cm³/mol. The number of carbonyl (C=O) groups excluding carboxylic acids is 4. The Morgan fingerprint density at radius 3 is 2.50 bits per heavy atom. The molecule has 4 N–H and O–H groups in total. The second-order valence-corrected chi connectivity index (χ2v) is 8.06. The third-order valence-corrected chi connectivity index (χ3v) is 5.16. The molecule has 0 aromatic heterocycles. The van der Waals surface area contributed by atoms with Gasteiger partial charge in [-0.25, -0.2) is 0 Å². The highest BCUT2D eigenvalue weighted by Crippen LogP contribution is 2.29. The number of rotatable bonds is 9.